The molecule has 0 spiro atoms. The van der Waals surface area contributed by atoms with Gasteiger partial charge in [0.25, 0.3) is 0 Å². The van der Waals surface area contributed by atoms with Crippen molar-refractivity contribution in [1.82, 2.24) is 0 Å². The second-order valence-corrected chi connectivity index (χ2v) is 7.50. The average Bonchev–Trinajstić information content (AvgIpc) is 2.70. The van der Waals surface area contributed by atoms with E-state index in [-0.39, 0.29) is 28.9 Å². The first kappa shape index (κ1) is 18.9. The lowest BCUT2D eigenvalue weighted by molar-refractivity contribution is 0.451. The third-order valence-electron chi connectivity index (χ3n) is 5.59. The molecule has 4 heteroatoms. The Labute approximate surface area is 169 Å². The van der Waals surface area contributed by atoms with Crippen LogP contribution in [0.3, 0.4) is 0 Å². The van der Waals surface area contributed by atoms with E-state index in [1.807, 2.05) is 24.3 Å². The molecule has 0 aliphatic rings. The van der Waals surface area contributed by atoms with Crippen LogP contribution in [0.25, 0.3) is 21.5 Å². The van der Waals surface area contributed by atoms with E-state index in [0.29, 0.717) is 17.5 Å². The minimum absolute atomic E-state index is 0.123. The quantitative estimate of drug-likeness (QED) is 0.331. The van der Waals surface area contributed by atoms with E-state index in [1.165, 1.54) is 0 Å². The van der Waals surface area contributed by atoms with Crippen molar-refractivity contribution in [1.29, 1.82) is 0 Å². The van der Waals surface area contributed by atoms with E-state index in [4.69, 9.17) is 0 Å². The molecule has 0 saturated carbocycles. The molecule has 29 heavy (non-hydrogen) atoms. The van der Waals surface area contributed by atoms with E-state index in [2.05, 4.69) is 6.92 Å². The second-order valence-electron chi connectivity index (χ2n) is 7.50. The SMILES string of the molecule is CCCCC(c1c(O)ccc2ccc(O)cc12)c1c(O)ccc2ccc(O)cc12. The number of phenols is 4. The Kier molecular flexibility index (Phi) is 4.93. The fraction of sp³-hybridized carbons (Fsp3) is 0.200. The van der Waals surface area contributed by atoms with Gasteiger partial charge in [-0.2, -0.15) is 0 Å². The van der Waals surface area contributed by atoms with Crippen LogP contribution in [0.1, 0.15) is 43.2 Å². The molecular formula is C25H24O4. The molecule has 0 atom stereocenters. The standard InChI is InChI=1S/C25H24O4/c1-2-3-4-19(24-20-13-17(26)9-5-15(20)7-11-22(24)28)25-21-14-18(27)10-6-16(21)8-12-23(25)29/h5-14,19,26-29H,2-4H2,1H3. The van der Waals surface area contributed by atoms with Crippen molar-refractivity contribution in [3.05, 3.63) is 71.8 Å². The normalized spacial score (nSPS) is 11.5. The molecule has 0 amide bonds. The highest BCUT2D eigenvalue weighted by Crippen LogP contribution is 2.46. The highest BCUT2D eigenvalue weighted by atomic mass is 16.3. The Hall–Kier alpha value is -3.40. The van der Waals surface area contributed by atoms with Crippen molar-refractivity contribution >= 4 is 21.5 Å². The summed E-state index contributed by atoms with van der Waals surface area (Å²) in [4.78, 5) is 0. The second kappa shape index (κ2) is 7.55. The van der Waals surface area contributed by atoms with Crippen LogP contribution in [0.5, 0.6) is 23.0 Å². The molecule has 0 aromatic heterocycles. The molecule has 0 heterocycles. The van der Waals surface area contributed by atoms with E-state index in [9.17, 15) is 20.4 Å². The van der Waals surface area contributed by atoms with Gasteiger partial charge in [0, 0.05) is 17.0 Å². The van der Waals surface area contributed by atoms with Gasteiger partial charge in [-0.1, -0.05) is 44.0 Å². The van der Waals surface area contributed by atoms with Crippen LogP contribution < -0.4 is 0 Å². The van der Waals surface area contributed by atoms with E-state index in [1.54, 1.807) is 36.4 Å². The summed E-state index contributed by atoms with van der Waals surface area (Å²) < 4.78 is 0. The number of benzene rings is 4. The maximum Gasteiger partial charge on any atom is 0.120 e. The zero-order valence-corrected chi connectivity index (χ0v) is 16.3. The van der Waals surface area contributed by atoms with E-state index in [0.717, 1.165) is 34.4 Å². The zero-order chi connectivity index (χ0) is 20.5. The fourth-order valence-corrected chi connectivity index (χ4v) is 4.21. The van der Waals surface area contributed by atoms with Gasteiger partial charge < -0.3 is 20.4 Å². The van der Waals surface area contributed by atoms with Crippen molar-refractivity contribution in [2.45, 2.75) is 32.1 Å². The van der Waals surface area contributed by atoms with Crippen LogP contribution in [0.4, 0.5) is 0 Å². The maximum absolute atomic E-state index is 10.8. The van der Waals surface area contributed by atoms with Crippen molar-refractivity contribution in [2.75, 3.05) is 0 Å². The predicted molar refractivity (Wildman–Crippen MR) is 116 cm³/mol. The van der Waals surface area contributed by atoms with Crippen molar-refractivity contribution in [3.63, 3.8) is 0 Å². The number of rotatable bonds is 5. The molecule has 4 aromatic rings. The highest BCUT2D eigenvalue weighted by molar-refractivity contribution is 5.93. The smallest absolute Gasteiger partial charge is 0.120 e. The topological polar surface area (TPSA) is 80.9 Å². The summed E-state index contributed by atoms with van der Waals surface area (Å²) in [5.74, 6) is 0.198. The molecule has 0 fully saturated rings. The number of hydrogen-bond donors (Lipinski definition) is 4. The molecule has 0 aliphatic heterocycles. The molecule has 0 saturated heterocycles. The van der Waals surface area contributed by atoms with Crippen LogP contribution in [0, 0.1) is 0 Å². The van der Waals surface area contributed by atoms with Crippen molar-refractivity contribution < 1.29 is 20.4 Å². The summed E-state index contributed by atoms with van der Waals surface area (Å²) in [5, 5.41) is 45.1. The van der Waals surface area contributed by atoms with Gasteiger partial charge in [0.15, 0.2) is 0 Å². The molecule has 0 aliphatic carbocycles. The van der Waals surface area contributed by atoms with Crippen LogP contribution in [-0.2, 0) is 0 Å². The molecule has 0 bridgehead atoms. The lowest BCUT2D eigenvalue weighted by Gasteiger charge is -2.24. The van der Waals surface area contributed by atoms with Gasteiger partial charge in [0.05, 0.1) is 0 Å². The Morgan fingerprint density at radius 1 is 0.655 bits per heavy atom. The Morgan fingerprint density at radius 3 is 1.55 bits per heavy atom. The first-order chi connectivity index (χ1) is 14.0. The van der Waals surface area contributed by atoms with Crippen LogP contribution in [0.2, 0.25) is 0 Å². The summed E-state index contributed by atoms with van der Waals surface area (Å²) >= 11 is 0. The Bertz CT molecular complexity index is 1090. The molecule has 4 nitrogen and oxygen atoms in total. The number of phenolic OH excluding ortho intramolecular Hbond substituents is 4. The molecule has 4 aromatic carbocycles. The van der Waals surface area contributed by atoms with Gasteiger partial charge in [-0.05, 0) is 64.4 Å². The van der Waals surface area contributed by atoms with Gasteiger partial charge in [-0.15, -0.1) is 0 Å². The first-order valence-electron chi connectivity index (χ1n) is 9.88. The lowest BCUT2D eigenvalue weighted by atomic mass is 9.81. The van der Waals surface area contributed by atoms with Crippen molar-refractivity contribution in [2.24, 2.45) is 0 Å². The minimum atomic E-state index is -0.300. The molecule has 0 unspecified atom stereocenters. The summed E-state index contributed by atoms with van der Waals surface area (Å²) in [6.07, 6.45) is 2.57. The van der Waals surface area contributed by atoms with Crippen LogP contribution in [0.15, 0.2) is 60.7 Å². The Morgan fingerprint density at radius 2 is 1.10 bits per heavy atom. The lowest BCUT2D eigenvalue weighted by Crippen LogP contribution is -2.04. The highest BCUT2D eigenvalue weighted by Gasteiger charge is 2.25. The number of fused-ring (bicyclic) bond motifs is 2. The third-order valence-corrected chi connectivity index (χ3v) is 5.59. The monoisotopic (exact) mass is 388 g/mol. The first-order valence-corrected chi connectivity index (χ1v) is 9.88. The number of unbranched alkanes of at least 4 members (excludes halogenated alkanes) is 1. The van der Waals surface area contributed by atoms with E-state index < -0.39 is 0 Å². The van der Waals surface area contributed by atoms with Crippen LogP contribution in [-0.4, -0.2) is 20.4 Å². The molecule has 4 rings (SSSR count). The summed E-state index contributed by atoms with van der Waals surface area (Å²) in [5.41, 5.74) is 1.36. The molecular weight excluding hydrogens is 364 g/mol. The summed E-state index contributed by atoms with van der Waals surface area (Å²) in [6, 6.07) is 17.2. The third kappa shape index (κ3) is 3.42. The van der Waals surface area contributed by atoms with Gasteiger partial charge in [-0.3, -0.25) is 0 Å². The zero-order valence-electron chi connectivity index (χ0n) is 16.3. The van der Waals surface area contributed by atoms with E-state index >= 15 is 0 Å². The average molecular weight is 388 g/mol. The minimum Gasteiger partial charge on any atom is -0.508 e. The maximum atomic E-state index is 10.8. The Balaban J connectivity index is 2.06. The fourth-order valence-electron chi connectivity index (χ4n) is 4.21. The predicted octanol–water partition coefficient (Wildman–Crippen LogP) is 6.14. The number of aromatic hydroxyl groups is 4. The molecule has 4 N–H and O–H groups in total. The number of hydrogen-bond acceptors (Lipinski definition) is 4. The largest absolute Gasteiger partial charge is 0.508 e. The molecule has 0 radical (unpaired) electrons. The van der Waals surface area contributed by atoms with Gasteiger partial charge in [0.1, 0.15) is 23.0 Å². The van der Waals surface area contributed by atoms with Gasteiger partial charge in [0.2, 0.25) is 0 Å². The van der Waals surface area contributed by atoms with Gasteiger partial charge >= 0.3 is 0 Å². The van der Waals surface area contributed by atoms with Crippen LogP contribution >= 0.6 is 0 Å². The van der Waals surface area contributed by atoms with Gasteiger partial charge in [-0.25, -0.2) is 0 Å². The summed E-state index contributed by atoms with van der Waals surface area (Å²) in [6.45, 7) is 2.10. The molecule has 148 valence electrons. The summed E-state index contributed by atoms with van der Waals surface area (Å²) in [7, 11) is 0. The van der Waals surface area contributed by atoms with Crippen molar-refractivity contribution in [3.8, 4) is 23.0 Å².